The summed E-state index contributed by atoms with van der Waals surface area (Å²) in [6.45, 7) is 5.82. The van der Waals surface area contributed by atoms with Crippen LogP contribution < -0.4 is 0 Å². The molecule has 0 unspecified atom stereocenters. The average molecular weight is 264 g/mol. The molecule has 0 bridgehead atoms. The van der Waals surface area contributed by atoms with E-state index in [1.165, 1.54) is 6.42 Å². The van der Waals surface area contributed by atoms with Gasteiger partial charge in [0.15, 0.2) is 0 Å². The predicted molar refractivity (Wildman–Crippen MR) is 66.8 cm³/mol. The number of halogens is 2. The molecule has 1 saturated heterocycles. The van der Waals surface area contributed by atoms with Gasteiger partial charge in [-0.3, -0.25) is 4.79 Å². The van der Waals surface area contributed by atoms with Gasteiger partial charge in [-0.05, 0) is 32.1 Å². The number of piperidine rings is 1. The van der Waals surface area contributed by atoms with Crippen molar-refractivity contribution in [2.45, 2.75) is 43.9 Å². The van der Waals surface area contributed by atoms with Crippen LogP contribution in [-0.4, -0.2) is 28.2 Å². The van der Waals surface area contributed by atoms with Crippen molar-refractivity contribution in [3.05, 3.63) is 0 Å². The molecule has 2 atom stereocenters. The van der Waals surface area contributed by atoms with Crippen molar-refractivity contribution in [2.75, 3.05) is 13.1 Å². The molecule has 0 radical (unpaired) electrons. The van der Waals surface area contributed by atoms with Crippen LogP contribution >= 0.6 is 23.2 Å². The minimum Gasteiger partial charge on any atom is -0.342 e. The summed E-state index contributed by atoms with van der Waals surface area (Å²) >= 11 is 12.1. The van der Waals surface area contributed by atoms with Crippen LogP contribution in [0.15, 0.2) is 0 Å². The van der Waals surface area contributed by atoms with Crippen LogP contribution in [0.25, 0.3) is 0 Å². The second-order valence-electron chi connectivity index (χ2n) is 5.38. The van der Waals surface area contributed by atoms with E-state index < -0.39 is 9.75 Å². The number of hydrogen-bond donors (Lipinski definition) is 0. The van der Waals surface area contributed by atoms with E-state index in [-0.39, 0.29) is 5.91 Å². The Morgan fingerprint density at radius 2 is 2.12 bits per heavy atom. The van der Waals surface area contributed by atoms with E-state index in [4.69, 9.17) is 23.2 Å². The summed E-state index contributed by atoms with van der Waals surface area (Å²) in [6.07, 6.45) is 4.09. The molecule has 0 aromatic heterocycles. The number of amides is 1. The van der Waals surface area contributed by atoms with E-state index in [9.17, 15) is 4.79 Å². The van der Waals surface area contributed by atoms with Gasteiger partial charge in [-0.15, -0.1) is 23.2 Å². The first-order valence-electron chi connectivity index (χ1n) is 6.08. The van der Waals surface area contributed by atoms with Crippen LogP contribution in [-0.2, 0) is 4.79 Å². The van der Waals surface area contributed by atoms with Crippen molar-refractivity contribution in [3.8, 4) is 0 Å². The molecule has 0 aromatic rings. The SMILES string of the molecule is CC[C@H]1CCCN(C(=O)[C@@]2(C)CC2(Cl)Cl)C1. The van der Waals surface area contributed by atoms with Gasteiger partial charge in [0, 0.05) is 13.1 Å². The Morgan fingerprint density at radius 3 is 2.62 bits per heavy atom. The lowest BCUT2D eigenvalue weighted by atomic mass is 9.94. The van der Waals surface area contributed by atoms with Gasteiger partial charge in [0.05, 0.1) is 5.41 Å². The van der Waals surface area contributed by atoms with E-state index in [1.807, 2.05) is 11.8 Å². The Hall–Kier alpha value is 0.0500. The third-order valence-corrected chi connectivity index (χ3v) is 5.21. The standard InChI is InChI=1S/C12H19Cl2NO/c1-3-9-5-4-6-15(7-9)10(16)11(2)8-12(11,13)14/h9H,3-8H2,1-2H3/t9-,11+/m0/s1. The Morgan fingerprint density at radius 1 is 1.50 bits per heavy atom. The second kappa shape index (κ2) is 4.06. The number of nitrogens with zero attached hydrogens (tertiary/aromatic N) is 1. The van der Waals surface area contributed by atoms with E-state index in [0.717, 1.165) is 25.9 Å². The number of hydrogen-bond acceptors (Lipinski definition) is 1. The van der Waals surface area contributed by atoms with E-state index in [2.05, 4.69) is 6.92 Å². The fourth-order valence-corrected chi connectivity index (χ4v) is 3.26. The van der Waals surface area contributed by atoms with Crippen LogP contribution in [0.3, 0.4) is 0 Å². The number of likely N-dealkylation sites (tertiary alicyclic amines) is 1. The summed E-state index contributed by atoms with van der Waals surface area (Å²) in [5, 5.41) is 0. The first-order valence-corrected chi connectivity index (χ1v) is 6.83. The molecule has 2 fully saturated rings. The molecule has 0 spiro atoms. The van der Waals surface area contributed by atoms with E-state index in [0.29, 0.717) is 12.3 Å². The molecule has 0 N–H and O–H groups in total. The number of carbonyl (C=O) groups is 1. The van der Waals surface area contributed by atoms with E-state index in [1.54, 1.807) is 0 Å². The molecule has 2 aliphatic rings. The number of carbonyl (C=O) groups excluding carboxylic acids is 1. The highest BCUT2D eigenvalue weighted by molar-refractivity contribution is 6.53. The highest BCUT2D eigenvalue weighted by Gasteiger charge is 2.68. The molecule has 0 aromatic carbocycles. The monoisotopic (exact) mass is 263 g/mol. The van der Waals surface area contributed by atoms with Gasteiger partial charge in [0.25, 0.3) is 0 Å². The summed E-state index contributed by atoms with van der Waals surface area (Å²) < 4.78 is -0.830. The van der Waals surface area contributed by atoms with Crippen LogP contribution in [0.5, 0.6) is 0 Å². The molecule has 92 valence electrons. The van der Waals surface area contributed by atoms with Crippen molar-refractivity contribution < 1.29 is 4.79 Å². The molecular formula is C12H19Cl2NO. The maximum atomic E-state index is 12.3. The zero-order valence-corrected chi connectivity index (χ0v) is 11.4. The second-order valence-corrected chi connectivity index (χ2v) is 6.86. The number of rotatable bonds is 2. The third-order valence-electron chi connectivity index (χ3n) is 4.11. The number of alkyl halides is 2. The van der Waals surface area contributed by atoms with Crippen molar-refractivity contribution in [1.82, 2.24) is 4.90 Å². The molecule has 1 heterocycles. The molecule has 16 heavy (non-hydrogen) atoms. The van der Waals surface area contributed by atoms with Crippen molar-refractivity contribution in [3.63, 3.8) is 0 Å². The highest BCUT2D eigenvalue weighted by Crippen LogP contribution is 2.64. The van der Waals surface area contributed by atoms with Gasteiger partial charge in [-0.25, -0.2) is 0 Å². The summed E-state index contributed by atoms with van der Waals surface area (Å²) in [5.74, 6) is 0.802. The minimum atomic E-state index is -0.830. The first kappa shape index (κ1) is 12.5. The lowest BCUT2D eigenvalue weighted by Gasteiger charge is -2.34. The lowest BCUT2D eigenvalue weighted by molar-refractivity contribution is -0.138. The summed E-state index contributed by atoms with van der Waals surface area (Å²) in [5.41, 5.74) is -0.536. The zero-order valence-electron chi connectivity index (χ0n) is 9.93. The first-order chi connectivity index (χ1) is 7.40. The van der Waals surface area contributed by atoms with Crippen LogP contribution in [0.1, 0.15) is 39.5 Å². The van der Waals surface area contributed by atoms with Crippen LogP contribution in [0.2, 0.25) is 0 Å². The van der Waals surface area contributed by atoms with E-state index >= 15 is 0 Å². The minimum absolute atomic E-state index is 0.149. The van der Waals surface area contributed by atoms with Crippen molar-refractivity contribution >= 4 is 29.1 Å². The maximum Gasteiger partial charge on any atom is 0.231 e. The average Bonchev–Trinajstić information content (AvgIpc) is 2.78. The van der Waals surface area contributed by atoms with Crippen molar-refractivity contribution in [1.29, 1.82) is 0 Å². The van der Waals surface area contributed by atoms with Crippen LogP contribution in [0.4, 0.5) is 0 Å². The largest absolute Gasteiger partial charge is 0.342 e. The molecule has 1 amide bonds. The van der Waals surface area contributed by atoms with Gasteiger partial charge < -0.3 is 4.90 Å². The third kappa shape index (κ3) is 1.95. The van der Waals surface area contributed by atoms with Gasteiger partial charge in [-0.1, -0.05) is 13.3 Å². The molecule has 2 rings (SSSR count). The van der Waals surface area contributed by atoms with Crippen molar-refractivity contribution in [2.24, 2.45) is 11.3 Å². The fourth-order valence-electron chi connectivity index (χ4n) is 2.56. The molecule has 1 saturated carbocycles. The summed E-state index contributed by atoms with van der Waals surface area (Å²) in [4.78, 5) is 14.3. The molecule has 1 aliphatic heterocycles. The molecule has 1 aliphatic carbocycles. The maximum absolute atomic E-state index is 12.3. The highest BCUT2D eigenvalue weighted by atomic mass is 35.5. The van der Waals surface area contributed by atoms with Crippen LogP contribution in [0, 0.1) is 11.3 Å². The Labute approximate surface area is 107 Å². The predicted octanol–water partition coefficient (Wildman–Crippen LogP) is 3.22. The fraction of sp³-hybridized carbons (Fsp3) is 0.917. The lowest BCUT2D eigenvalue weighted by Crippen LogP contribution is -2.44. The summed E-state index contributed by atoms with van der Waals surface area (Å²) in [6, 6.07) is 0. The molecule has 4 heteroatoms. The smallest absolute Gasteiger partial charge is 0.231 e. The quantitative estimate of drug-likeness (QED) is 0.701. The molecule has 2 nitrogen and oxygen atoms in total. The summed E-state index contributed by atoms with van der Waals surface area (Å²) in [7, 11) is 0. The topological polar surface area (TPSA) is 20.3 Å². The van der Waals surface area contributed by atoms with Gasteiger partial charge in [-0.2, -0.15) is 0 Å². The van der Waals surface area contributed by atoms with Gasteiger partial charge in [0.2, 0.25) is 5.91 Å². The normalized spacial score (nSPS) is 37.2. The van der Waals surface area contributed by atoms with Gasteiger partial charge >= 0.3 is 0 Å². The van der Waals surface area contributed by atoms with Gasteiger partial charge in [0.1, 0.15) is 4.33 Å². The zero-order chi connectivity index (χ0) is 12.0. The molecular weight excluding hydrogens is 245 g/mol. The Bertz CT molecular complexity index is 305. The Balaban J connectivity index is 2.01. The Kier molecular flexibility index (Phi) is 3.17.